The molecule has 141 valence electrons. The van der Waals surface area contributed by atoms with Crippen molar-refractivity contribution in [3.05, 3.63) is 54.1 Å². The van der Waals surface area contributed by atoms with E-state index in [4.69, 9.17) is 9.47 Å². The Bertz CT molecular complexity index is 846. The van der Waals surface area contributed by atoms with E-state index in [-0.39, 0.29) is 46.0 Å². The van der Waals surface area contributed by atoms with Gasteiger partial charge in [0.05, 0.1) is 24.0 Å². The number of fused-ring (bicyclic) bond motifs is 1. The standard InChI is InChI=1S/C20H20N2O4S.Na/c23-19-18(27-20(24)21-19)13-14-5-7-15(8-6-14)25-11-9-22-10-12-26-17-4-2-1-3-16(17)22;/h1-8,18H,9-13H2,(H,21,23,24);. The summed E-state index contributed by atoms with van der Waals surface area (Å²) in [6.07, 6.45) is 0.535. The van der Waals surface area contributed by atoms with E-state index in [1.54, 1.807) is 0 Å². The van der Waals surface area contributed by atoms with Gasteiger partial charge in [-0.2, -0.15) is 0 Å². The van der Waals surface area contributed by atoms with Gasteiger partial charge in [-0.05, 0) is 36.2 Å². The van der Waals surface area contributed by atoms with Crippen LogP contribution in [0.4, 0.5) is 10.5 Å². The number of hydrogen-bond donors (Lipinski definition) is 1. The van der Waals surface area contributed by atoms with Gasteiger partial charge in [-0.25, -0.2) is 0 Å². The van der Waals surface area contributed by atoms with Crippen molar-refractivity contribution in [1.82, 2.24) is 5.32 Å². The second-order valence-corrected chi connectivity index (χ2v) is 7.56. The summed E-state index contributed by atoms with van der Waals surface area (Å²) in [5, 5.41) is 1.70. The quantitative estimate of drug-likeness (QED) is 0.742. The molecule has 0 bridgehead atoms. The first kappa shape index (κ1) is 21.0. The minimum atomic E-state index is -0.342. The number of ether oxygens (including phenoxy) is 2. The van der Waals surface area contributed by atoms with Gasteiger partial charge in [-0.1, -0.05) is 36.0 Å². The summed E-state index contributed by atoms with van der Waals surface area (Å²) < 4.78 is 11.5. The van der Waals surface area contributed by atoms with Gasteiger partial charge in [0.2, 0.25) is 5.91 Å². The molecule has 0 saturated carbocycles. The molecule has 2 heterocycles. The molecule has 1 N–H and O–H groups in total. The van der Waals surface area contributed by atoms with Gasteiger partial charge in [0.25, 0.3) is 5.24 Å². The Kier molecular flexibility index (Phi) is 7.29. The molecule has 1 fully saturated rings. The summed E-state index contributed by atoms with van der Waals surface area (Å²) in [5.74, 6) is 1.50. The fourth-order valence-corrected chi connectivity index (χ4v) is 4.06. The van der Waals surface area contributed by atoms with Crippen LogP contribution in [0.3, 0.4) is 0 Å². The number of hydrogen-bond acceptors (Lipinski definition) is 6. The first-order chi connectivity index (χ1) is 13.2. The Labute approximate surface area is 190 Å². The van der Waals surface area contributed by atoms with Crippen molar-refractivity contribution in [2.75, 3.05) is 31.2 Å². The van der Waals surface area contributed by atoms with Crippen LogP contribution < -0.4 is 19.7 Å². The summed E-state index contributed by atoms with van der Waals surface area (Å²) in [5.41, 5.74) is 2.11. The van der Waals surface area contributed by atoms with Crippen molar-refractivity contribution in [1.29, 1.82) is 0 Å². The molecule has 2 aromatic carbocycles. The van der Waals surface area contributed by atoms with E-state index in [0.717, 1.165) is 47.6 Å². The van der Waals surface area contributed by atoms with Gasteiger partial charge < -0.3 is 14.4 Å². The second-order valence-electron chi connectivity index (χ2n) is 6.38. The molecule has 2 aliphatic heterocycles. The summed E-state index contributed by atoms with van der Waals surface area (Å²) >= 11 is 1.05. The zero-order chi connectivity index (χ0) is 18.6. The fourth-order valence-electron chi connectivity index (χ4n) is 3.20. The average Bonchev–Trinajstić information content (AvgIpc) is 3.00. The summed E-state index contributed by atoms with van der Waals surface area (Å²) in [4.78, 5) is 25.1. The van der Waals surface area contributed by atoms with E-state index >= 15 is 0 Å². The maximum Gasteiger partial charge on any atom is 0.286 e. The molecule has 0 spiro atoms. The minimum absolute atomic E-state index is 0. The Balaban J connectivity index is 0.00000225. The van der Waals surface area contributed by atoms with Crippen LogP contribution in [0.2, 0.25) is 0 Å². The number of imide groups is 1. The maximum atomic E-state index is 11.6. The third-order valence-electron chi connectivity index (χ3n) is 4.57. The molecule has 1 unspecified atom stereocenters. The molecule has 1 saturated heterocycles. The molecule has 6 nitrogen and oxygen atoms in total. The number of amides is 2. The SMILES string of the molecule is O=C1NC(=O)C(Cc2ccc(OCCN3CCOc4ccccc43)cc2)S1.[Na]. The monoisotopic (exact) mass is 407 g/mol. The van der Waals surface area contributed by atoms with Crippen LogP contribution in [-0.2, 0) is 11.2 Å². The molecular formula is C20H20N2NaO4S. The number of thioether (sulfide) groups is 1. The van der Waals surface area contributed by atoms with E-state index in [2.05, 4.69) is 16.3 Å². The van der Waals surface area contributed by atoms with Gasteiger partial charge >= 0.3 is 0 Å². The first-order valence-electron chi connectivity index (χ1n) is 8.89. The van der Waals surface area contributed by atoms with Crippen LogP contribution in [0, 0.1) is 0 Å². The van der Waals surface area contributed by atoms with Crippen molar-refractivity contribution >= 4 is 58.2 Å². The molecule has 2 aromatic rings. The predicted octanol–water partition coefficient (Wildman–Crippen LogP) is 2.48. The Morgan fingerprint density at radius 1 is 1.14 bits per heavy atom. The van der Waals surface area contributed by atoms with Gasteiger partial charge in [-0.3, -0.25) is 14.9 Å². The molecule has 4 rings (SSSR count). The number of anilines is 1. The van der Waals surface area contributed by atoms with Gasteiger partial charge in [0.15, 0.2) is 0 Å². The summed E-state index contributed by atoms with van der Waals surface area (Å²) in [6.45, 7) is 2.88. The second kappa shape index (κ2) is 9.69. The van der Waals surface area contributed by atoms with Crippen molar-refractivity contribution in [3.63, 3.8) is 0 Å². The van der Waals surface area contributed by atoms with E-state index in [0.29, 0.717) is 19.6 Å². The minimum Gasteiger partial charge on any atom is -0.492 e. The van der Waals surface area contributed by atoms with Gasteiger partial charge in [-0.15, -0.1) is 0 Å². The molecule has 0 aliphatic carbocycles. The number of nitrogens with zero attached hydrogens (tertiary/aromatic N) is 1. The Morgan fingerprint density at radius 3 is 2.68 bits per heavy atom. The van der Waals surface area contributed by atoms with Crippen molar-refractivity contribution in [3.8, 4) is 11.5 Å². The van der Waals surface area contributed by atoms with E-state index in [1.165, 1.54) is 0 Å². The number of rotatable bonds is 6. The fraction of sp³-hybridized carbons (Fsp3) is 0.300. The van der Waals surface area contributed by atoms with Crippen LogP contribution in [0.15, 0.2) is 48.5 Å². The van der Waals surface area contributed by atoms with Crippen molar-refractivity contribution < 1.29 is 19.1 Å². The number of para-hydroxylation sites is 2. The first-order valence-corrected chi connectivity index (χ1v) is 9.77. The largest absolute Gasteiger partial charge is 0.492 e. The Hall–Kier alpha value is -1.67. The normalized spacial score (nSPS) is 18.0. The number of benzene rings is 2. The predicted molar refractivity (Wildman–Crippen MR) is 110 cm³/mol. The third kappa shape index (κ3) is 5.03. The molecule has 0 aromatic heterocycles. The van der Waals surface area contributed by atoms with Crippen LogP contribution in [0.25, 0.3) is 0 Å². The molecule has 1 radical (unpaired) electrons. The smallest absolute Gasteiger partial charge is 0.286 e. The topological polar surface area (TPSA) is 67.9 Å². The molecule has 1 atom stereocenters. The zero-order valence-electron chi connectivity index (χ0n) is 15.7. The third-order valence-corrected chi connectivity index (χ3v) is 5.55. The van der Waals surface area contributed by atoms with Crippen LogP contribution in [0.5, 0.6) is 11.5 Å². The van der Waals surface area contributed by atoms with Crippen LogP contribution >= 0.6 is 11.8 Å². The molecule has 8 heteroatoms. The zero-order valence-corrected chi connectivity index (χ0v) is 18.5. The summed E-state index contributed by atoms with van der Waals surface area (Å²) in [6, 6.07) is 15.7. The van der Waals surface area contributed by atoms with Crippen LogP contribution in [0.1, 0.15) is 5.56 Å². The van der Waals surface area contributed by atoms with Crippen molar-refractivity contribution in [2.24, 2.45) is 0 Å². The maximum absolute atomic E-state index is 11.6. The summed E-state index contributed by atoms with van der Waals surface area (Å²) in [7, 11) is 0. The molecular weight excluding hydrogens is 387 g/mol. The molecule has 28 heavy (non-hydrogen) atoms. The average molecular weight is 407 g/mol. The molecule has 2 aliphatic rings. The number of nitrogens with one attached hydrogen (secondary N) is 1. The number of carbonyl (C=O) groups excluding carboxylic acids is 2. The van der Waals surface area contributed by atoms with Crippen molar-refractivity contribution in [2.45, 2.75) is 11.7 Å². The Morgan fingerprint density at radius 2 is 1.93 bits per heavy atom. The van der Waals surface area contributed by atoms with Gasteiger partial charge in [0, 0.05) is 29.6 Å². The van der Waals surface area contributed by atoms with E-state index < -0.39 is 0 Å². The van der Waals surface area contributed by atoms with Crippen LogP contribution in [-0.4, -0.2) is 72.3 Å². The van der Waals surface area contributed by atoms with E-state index in [1.807, 2.05) is 42.5 Å². The van der Waals surface area contributed by atoms with E-state index in [9.17, 15) is 9.59 Å². The molecule has 2 amide bonds. The number of carbonyl (C=O) groups is 2. The van der Waals surface area contributed by atoms with Gasteiger partial charge in [0.1, 0.15) is 24.7 Å².